The van der Waals surface area contributed by atoms with E-state index < -0.39 is 0 Å². The van der Waals surface area contributed by atoms with E-state index in [1.54, 1.807) is 0 Å². The molecule has 0 spiro atoms. The fourth-order valence-corrected chi connectivity index (χ4v) is 6.55. The molecule has 0 heterocycles. The summed E-state index contributed by atoms with van der Waals surface area (Å²) in [5.41, 5.74) is 0. The summed E-state index contributed by atoms with van der Waals surface area (Å²) >= 11 is 0. The van der Waals surface area contributed by atoms with E-state index in [-0.39, 0.29) is 0 Å². The molecule has 0 aliphatic carbocycles. The molecular formula is C39H80. The summed E-state index contributed by atoms with van der Waals surface area (Å²) in [4.78, 5) is 0. The molecule has 0 saturated carbocycles. The van der Waals surface area contributed by atoms with Gasteiger partial charge in [-0.3, -0.25) is 0 Å². The Morgan fingerprint density at radius 2 is 0.410 bits per heavy atom. The summed E-state index contributed by atoms with van der Waals surface area (Å²) in [6.45, 7) is 12.2. The second kappa shape index (κ2) is 32.5. The molecular weight excluding hydrogens is 468 g/mol. The molecule has 0 amide bonds. The summed E-state index contributed by atoms with van der Waals surface area (Å²) in [5, 5.41) is 0. The minimum Gasteiger partial charge on any atom is -0.0654 e. The van der Waals surface area contributed by atoms with Crippen molar-refractivity contribution in [2.75, 3.05) is 0 Å². The molecule has 0 bridgehead atoms. The molecule has 0 fully saturated rings. The molecule has 3 unspecified atom stereocenters. The third kappa shape index (κ3) is 32.4. The van der Waals surface area contributed by atoms with E-state index in [1.807, 2.05) is 0 Å². The molecule has 0 nitrogen and oxygen atoms in total. The van der Waals surface area contributed by atoms with Crippen LogP contribution in [0.2, 0.25) is 0 Å². The standard InChI is InChI=1S/C39H80/c1-6-8-10-12-14-16-17-18-19-20-21-22-24-26-28-32-38(4)34-30-36-39(5)35-29-33-37(3)31-27-25-23-15-13-11-9-7-2/h37-39H,6-36H2,1-5H3. The topological polar surface area (TPSA) is 0 Å². The van der Waals surface area contributed by atoms with Crippen LogP contribution in [0.3, 0.4) is 0 Å². The predicted molar refractivity (Wildman–Crippen MR) is 182 cm³/mol. The first-order valence-corrected chi connectivity index (χ1v) is 19.1. The maximum Gasteiger partial charge on any atom is -0.0443 e. The van der Waals surface area contributed by atoms with E-state index in [0.29, 0.717) is 0 Å². The SMILES string of the molecule is CCCCCCCCCCCCCCCCCC(C)CCCC(C)CCCC(C)CCCCCCCCCC. The highest BCUT2D eigenvalue weighted by Crippen LogP contribution is 2.23. The van der Waals surface area contributed by atoms with Crippen molar-refractivity contribution < 1.29 is 0 Å². The normalized spacial score (nSPS) is 14.1. The van der Waals surface area contributed by atoms with Gasteiger partial charge < -0.3 is 0 Å². The molecule has 0 heteroatoms. The van der Waals surface area contributed by atoms with Crippen molar-refractivity contribution in [2.24, 2.45) is 17.8 Å². The van der Waals surface area contributed by atoms with Gasteiger partial charge in [-0.15, -0.1) is 0 Å². The van der Waals surface area contributed by atoms with E-state index in [0.717, 1.165) is 17.8 Å². The molecule has 236 valence electrons. The zero-order valence-electron chi connectivity index (χ0n) is 28.7. The van der Waals surface area contributed by atoms with Gasteiger partial charge in [0, 0.05) is 0 Å². The van der Waals surface area contributed by atoms with E-state index in [2.05, 4.69) is 34.6 Å². The molecule has 0 N–H and O–H groups in total. The van der Waals surface area contributed by atoms with Crippen LogP contribution in [-0.2, 0) is 0 Å². The van der Waals surface area contributed by atoms with Gasteiger partial charge in [0.05, 0.1) is 0 Å². The average Bonchev–Trinajstić information content (AvgIpc) is 2.92. The van der Waals surface area contributed by atoms with Crippen molar-refractivity contribution >= 4 is 0 Å². The van der Waals surface area contributed by atoms with Gasteiger partial charge in [0.15, 0.2) is 0 Å². The van der Waals surface area contributed by atoms with Crippen LogP contribution in [0.5, 0.6) is 0 Å². The van der Waals surface area contributed by atoms with Gasteiger partial charge in [-0.1, -0.05) is 234 Å². The molecule has 0 rings (SSSR count). The molecule has 0 aromatic rings. The van der Waals surface area contributed by atoms with Crippen LogP contribution >= 0.6 is 0 Å². The van der Waals surface area contributed by atoms with Crippen molar-refractivity contribution in [3.05, 3.63) is 0 Å². The van der Waals surface area contributed by atoms with E-state index in [1.165, 1.54) is 199 Å². The van der Waals surface area contributed by atoms with Gasteiger partial charge in [-0.2, -0.15) is 0 Å². The number of rotatable bonds is 33. The Morgan fingerprint density at radius 3 is 0.641 bits per heavy atom. The number of unbranched alkanes of at least 4 members (excludes halogenated alkanes) is 21. The van der Waals surface area contributed by atoms with Crippen LogP contribution in [0, 0.1) is 17.8 Å². The van der Waals surface area contributed by atoms with Crippen LogP contribution in [0.1, 0.15) is 234 Å². The molecule has 0 aromatic heterocycles. The lowest BCUT2D eigenvalue weighted by Gasteiger charge is -2.16. The number of hydrogen-bond donors (Lipinski definition) is 0. The van der Waals surface area contributed by atoms with Crippen molar-refractivity contribution in [1.29, 1.82) is 0 Å². The lowest BCUT2D eigenvalue weighted by molar-refractivity contribution is 0.373. The summed E-state index contributed by atoms with van der Waals surface area (Å²) in [5.74, 6) is 2.84. The van der Waals surface area contributed by atoms with Crippen molar-refractivity contribution in [2.45, 2.75) is 234 Å². The average molecular weight is 549 g/mol. The van der Waals surface area contributed by atoms with Gasteiger partial charge in [-0.05, 0) is 17.8 Å². The van der Waals surface area contributed by atoms with E-state index in [9.17, 15) is 0 Å². The maximum absolute atomic E-state index is 2.52. The molecule has 0 aromatic carbocycles. The Kier molecular flexibility index (Phi) is 32.5. The highest BCUT2D eigenvalue weighted by molar-refractivity contribution is 4.61. The Bertz CT molecular complexity index is 426. The molecule has 0 aliphatic rings. The van der Waals surface area contributed by atoms with Gasteiger partial charge in [0.25, 0.3) is 0 Å². The highest BCUT2D eigenvalue weighted by Gasteiger charge is 2.08. The Morgan fingerprint density at radius 1 is 0.231 bits per heavy atom. The Hall–Kier alpha value is 0. The highest BCUT2D eigenvalue weighted by atomic mass is 14.1. The first-order valence-electron chi connectivity index (χ1n) is 19.1. The third-order valence-electron chi connectivity index (χ3n) is 9.64. The minimum atomic E-state index is 0.943. The van der Waals surface area contributed by atoms with Crippen LogP contribution in [-0.4, -0.2) is 0 Å². The third-order valence-corrected chi connectivity index (χ3v) is 9.64. The van der Waals surface area contributed by atoms with Crippen molar-refractivity contribution in [3.8, 4) is 0 Å². The van der Waals surface area contributed by atoms with Gasteiger partial charge >= 0.3 is 0 Å². The second-order valence-electron chi connectivity index (χ2n) is 14.2. The Labute approximate surface area is 251 Å². The monoisotopic (exact) mass is 549 g/mol. The summed E-state index contributed by atoms with van der Waals surface area (Å²) in [7, 11) is 0. The zero-order chi connectivity index (χ0) is 28.7. The van der Waals surface area contributed by atoms with Crippen molar-refractivity contribution in [1.82, 2.24) is 0 Å². The second-order valence-corrected chi connectivity index (χ2v) is 14.2. The largest absolute Gasteiger partial charge is 0.0654 e. The molecule has 0 saturated heterocycles. The molecule has 0 aliphatic heterocycles. The summed E-state index contributed by atoms with van der Waals surface area (Å²) < 4.78 is 0. The first kappa shape index (κ1) is 39.0. The number of hydrogen-bond acceptors (Lipinski definition) is 0. The Balaban J connectivity index is 3.36. The van der Waals surface area contributed by atoms with E-state index >= 15 is 0 Å². The fourth-order valence-electron chi connectivity index (χ4n) is 6.55. The van der Waals surface area contributed by atoms with Crippen molar-refractivity contribution in [3.63, 3.8) is 0 Å². The zero-order valence-corrected chi connectivity index (χ0v) is 28.7. The first-order chi connectivity index (χ1) is 19.1. The lowest BCUT2D eigenvalue weighted by atomic mass is 9.90. The van der Waals surface area contributed by atoms with Gasteiger partial charge in [0.2, 0.25) is 0 Å². The summed E-state index contributed by atoms with van der Waals surface area (Å²) in [6, 6.07) is 0. The van der Waals surface area contributed by atoms with Crippen LogP contribution in [0.4, 0.5) is 0 Å². The van der Waals surface area contributed by atoms with Gasteiger partial charge in [-0.25, -0.2) is 0 Å². The lowest BCUT2D eigenvalue weighted by Crippen LogP contribution is -2.01. The molecule has 0 radical (unpaired) electrons. The maximum atomic E-state index is 2.52. The molecule has 3 atom stereocenters. The minimum absolute atomic E-state index is 0.943. The quantitative estimate of drug-likeness (QED) is 0.0715. The summed E-state index contributed by atoms with van der Waals surface area (Å²) in [6.07, 6.45) is 45.5. The smallest absolute Gasteiger partial charge is 0.0443 e. The van der Waals surface area contributed by atoms with Gasteiger partial charge in [0.1, 0.15) is 0 Å². The van der Waals surface area contributed by atoms with Crippen LogP contribution in [0.25, 0.3) is 0 Å². The van der Waals surface area contributed by atoms with E-state index in [4.69, 9.17) is 0 Å². The van der Waals surface area contributed by atoms with Crippen LogP contribution in [0.15, 0.2) is 0 Å². The fraction of sp³-hybridized carbons (Fsp3) is 1.00. The molecule has 39 heavy (non-hydrogen) atoms. The van der Waals surface area contributed by atoms with Crippen LogP contribution < -0.4 is 0 Å². The predicted octanol–water partition coefficient (Wildman–Crippen LogP) is 15.0.